The summed E-state index contributed by atoms with van der Waals surface area (Å²) < 4.78 is 57.9. The Hall–Kier alpha value is -2.79. The normalized spacial score (nSPS) is 21.4. The van der Waals surface area contributed by atoms with Crippen LogP contribution in [0.5, 0.6) is 0 Å². The Morgan fingerprint density at radius 2 is 1.91 bits per heavy atom. The third-order valence-electron chi connectivity index (χ3n) is 5.12. The number of rotatable bonds is 13. The molecule has 0 aromatic carbocycles. The summed E-state index contributed by atoms with van der Waals surface area (Å²) in [4.78, 5) is 72.1. The zero-order valence-corrected chi connectivity index (χ0v) is 24.6. The Kier molecular flexibility index (Phi) is 11.6. The minimum absolute atomic E-state index is 0.0259. The van der Waals surface area contributed by atoms with E-state index in [4.69, 9.17) is 25.1 Å². The van der Waals surface area contributed by atoms with E-state index < -0.39 is 67.0 Å². The first-order valence-corrected chi connectivity index (χ1v) is 16.3. The molecule has 0 radical (unpaired) electrons. The second-order valence-electron chi connectivity index (χ2n) is 8.32. The van der Waals surface area contributed by atoms with Gasteiger partial charge in [0.2, 0.25) is 0 Å². The molecule has 43 heavy (non-hydrogen) atoms. The number of anilines is 1. The van der Waals surface area contributed by atoms with Gasteiger partial charge in [-0.15, -0.1) is 0 Å². The Morgan fingerprint density at radius 3 is 2.58 bits per heavy atom. The molecular formula is C19H26N5O16P3. The summed E-state index contributed by atoms with van der Waals surface area (Å²) >= 11 is 0. The second-order valence-corrected chi connectivity index (χ2v) is 12.7. The number of aliphatic hydroxyl groups is 1. The number of ether oxygens (including phenoxy) is 2. The molecule has 24 heteroatoms. The van der Waals surface area contributed by atoms with Crippen molar-refractivity contribution >= 4 is 52.2 Å². The number of nitrogens with zero attached hydrogens (tertiary/aromatic N) is 3. The highest BCUT2D eigenvalue weighted by Crippen LogP contribution is 2.66. The van der Waals surface area contributed by atoms with Gasteiger partial charge in [-0.25, -0.2) is 33.9 Å². The van der Waals surface area contributed by atoms with Crippen molar-refractivity contribution in [1.82, 2.24) is 20.0 Å². The Bertz CT molecular complexity index is 1550. The summed E-state index contributed by atoms with van der Waals surface area (Å²) in [5.74, 6) is 4.04. The van der Waals surface area contributed by atoms with E-state index in [0.717, 1.165) is 6.33 Å². The van der Waals surface area contributed by atoms with Gasteiger partial charge in [0.1, 0.15) is 30.1 Å². The molecule has 0 bridgehead atoms. The van der Waals surface area contributed by atoms with Crippen LogP contribution in [-0.2, 0) is 50.7 Å². The molecule has 1 saturated heterocycles. The van der Waals surface area contributed by atoms with Gasteiger partial charge in [-0.05, 0) is 6.92 Å². The van der Waals surface area contributed by atoms with E-state index in [9.17, 15) is 38.2 Å². The van der Waals surface area contributed by atoms with E-state index in [1.807, 2.05) is 5.48 Å². The third-order valence-corrected chi connectivity index (χ3v) is 8.93. The second kappa shape index (κ2) is 14.3. The van der Waals surface area contributed by atoms with Gasteiger partial charge in [-0.2, -0.15) is 8.62 Å². The number of phosphoric ester groups is 1. The number of aromatic nitrogens is 3. The molecule has 21 nitrogen and oxygen atoms in total. The maximum absolute atomic E-state index is 12.0. The largest absolute Gasteiger partial charge is 0.490 e. The van der Waals surface area contributed by atoms with Gasteiger partial charge in [-0.1, -0.05) is 11.8 Å². The fourth-order valence-electron chi connectivity index (χ4n) is 3.56. The lowest BCUT2D eigenvalue weighted by Crippen LogP contribution is -2.26. The first-order valence-electron chi connectivity index (χ1n) is 11.8. The van der Waals surface area contributed by atoms with Gasteiger partial charge in [0.05, 0.1) is 36.7 Å². The number of esters is 1. The number of hydroxylamine groups is 1. The van der Waals surface area contributed by atoms with Crippen LogP contribution in [0.4, 0.5) is 5.82 Å². The lowest BCUT2D eigenvalue weighted by atomic mass is 10.2. The highest BCUT2D eigenvalue weighted by atomic mass is 31.3. The van der Waals surface area contributed by atoms with Crippen LogP contribution in [0, 0.1) is 11.8 Å². The minimum atomic E-state index is -5.73. The zero-order chi connectivity index (χ0) is 32.0. The number of hydrogen-bond donors (Lipinski definition) is 7. The van der Waals surface area contributed by atoms with Crippen molar-refractivity contribution in [3.8, 4) is 11.8 Å². The number of fused-ring (bicyclic) bond motifs is 1. The van der Waals surface area contributed by atoms with Gasteiger partial charge in [-0.3, -0.25) is 14.2 Å². The highest BCUT2D eigenvalue weighted by Gasteiger charge is 2.43. The van der Waals surface area contributed by atoms with Crippen LogP contribution in [0.2, 0.25) is 0 Å². The first-order chi connectivity index (χ1) is 20.0. The number of nitrogen functional groups attached to an aromatic ring is 1. The molecule has 0 saturated carbocycles. The van der Waals surface area contributed by atoms with E-state index in [1.54, 1.807) is 6.92 Å². The predicted molar refractivity (Wildman–Crippen MR) is 139 cm³/mol. The van der Waals surface area contributed by atoms with Crippen molar-refractivity contribution in [2.45, 2.75) is 38.2 Å². The van der Waals surface area contributed by atoms with Crippen LogP contribution in [0.15, 0.2) is 12.5 Å². The van der Waals surface area contributed by atoms with Crippen LogP contribution in [0.25, 0.3) is 11.0 Å². The molecule has 2 aromatic heterocycles. The topological polar surface area (TPSA) is 311 Å². The number of aliphatic hydroxyl groups excluding tert-OH is 1. The number of nitrogens with two attached hydrogens (primary N) is 1. The van der Waals surface area contributed by atoms with Crippen molar-refractivity contribution in [3.63, 3.8) is 0 Å². The average molecular weight is 673 g/mol. The molecule has 5 atom stereocenters. The van der Waals surface area contributed by atoms with Crippen molar-refractivity contribution in [2.24, 2.45) is 0 Å². The lowest BCUT2D eigenvalue weighted by Gasteiger charge is -2.19. The SMILES string of the molecule is CCOC(=O)CONC(=O)CC#Cc1cn(C2CC(O)C(COP(=O)(O)OP(=O)(O)OP(=O)(O)O)O2)c2ncnc(N)c12. The average Bonchev–Trinajstić information content (AvgIpc) is 3.41. The van der Waals surface area contributed by atoms with Gasteiger partial charge in [0.15, 0.2) is 6.61 Å². The Balaban J connectivity index is 1.68. The quantitative estimate of drug-likeness (QED) is 0.0601. The molecule has 1 fully saturated rings. The van der Waals surface area contributed by atoms with Crippen LogP contribution in [0.1, 0.15) is 31.6 Å². The van der Waals surface area contributed by atoms with Crippen LogP contribution in [0.3, 0.4) is 0 Å². The number of amides is 1. The Morgan fingerprint density at radius 1 is 1.19 bits per heavy atom. The summed E-state index contributed by atoms with van der Waals surface area (Å²) in [5, 5.41) is 10.7. The third kappa shape index (κ3) is 10.4. The standard InChI is InChI=1S/C19H26N5O16P3/c1-2-35-16(27)9-36-23-14(26)5-3-4-11-7-24(19-17(11)18(20)21-10-22-19)15-6-12(25)13(38-15)8-37-42(31,32)40-43(33,34)39-41(28,29)30/h7,10,12-13,15,25H,2,5-6,8-9H2,1H3,(H,23,26)(H,31,32)(H,33,34)(H2,20,21,22)(H2,28,29,30). The monoisotopic (exact) mass is 673 g/mol. The molecule has 1 amide bonds. The first kappa shape index (κ1) is 34.7. The molecule has 0 aliphatic carbocycles. The van der Waals surface area contributed by atoms with Gasteiger partial charge in [0.25, 0.3) is 5.91 Å². The Labute approximate surface area is 241 Å². The molecule has 3 rings (SSSR count). The predicted octanol–water partition coefficient (Wildman–Crippen LogP) is -0.642. The van der Waals surface area contributed by atoms with Crippen molar-refractivity contribution < 1.29 is 75.4 Å². The molecular weight excluding hydrogens is 647 g/mol. The lowest BCUT2D eigenvalue weighted by molar-refractivity contribution is -0.154. The molecule has 238 valence electrons. The number of carbonyl (C=O) groups is 2. The molecule has 8 N–H and O–H groups in total. The molecule has 1 aliphatic rings. The molecule has 2 aromatic rings. The van der Waals surface area contributed by atoms with Crippen LogP contribution >= 0.6 is 23.5 Å². The maximum atomic E-state index is 12.0. The van der Waals surface area contributed by atoms with Gasteiger partial charge < -0.3 is 44.5 Å². The van der Waals surface area contributed by atoms with Gasteiger partial charge in [0, 0.05) is 12.6 Å². The summed E-state index contributed by atoms with van der Waals surface area (Å²) in [5.41, 5.74) is 8.51. The molecule has 3 heterocycles. The number of phosphoric acid groups is 3. The number of nitrogens with one attached hydrogen (secondary N) is 1. The minimum Gasteiger partial charge on any atom is -0.464 e. The van der Waals surface area contributed by atoms with Crippen molar-refractivity contribution in [2.75, 3.05) is 25.6 Å². The molecule has 1 aliphatic heterocycles. The summed E-state index contributed by atoms with van der Waals surface area (Å²) in [6.07, 6.45) is -1.47. The van der Waals surface area contributed by atoms with E-state index in [2.05, 4.69) is 39.7 Å². The number of carbonyl (C=O) groups excluding carboxylic acids is 2. The number of hydrogen-bond acceptors (Lipinski definition) is 15. The fourth-order valence-corrected chi connectivity index (χ4v) is 6.59. The van der Waals surface area contributed by atoms with Crippen molar-refractivity contribution in [3.05, 3.63) is 18.1 Å². The van der Waals surface area contributed by atoms with Crippen LogP contribution in [-0.4, -0.2) is 83.1 Å². The highest BCUT2D eigenvalue weighted by molar-refractivity contribution is 7.66. The van der Waals surface area contributed by atoms with E-state index >= 15 is 0 Å². The maximum Gasteiger partial charge on any atom is 0.490 e. The zero-order valence-electron chi connectivity index (χ0n) is 21.9. The summed E-state index contributed by atoms with van der Waals surface area (Å²) in [7, 11) is -16.7. The van der Waals surface area contributed by atoms with E-state index in [1.165, 1.54) is 10.8 Å². The van der Waals surface area contributed by atoms with Crippen molar-refractivity contribution in [1.29, 1.82) is 0 Å². The molecule has 5 unspecified atom stereocenters. The fraction of sp³-hybridized carbons (Fsp3) is 0.474. The smallest absolute Gasteiger partial charge is 0.464 e. The van der Waals surface area contributed by atoms with E-state index in [0.29, 0.717) is 0 Å². The summed E-state index contributed by atoms with van der Waals surface area (Å²) in [6, 6.07) is 0. The van der Waals surface area contributed by atoms with Gasteiger partial charge >= 0.3 is 29.4 Å². The van der Waals surface area contributed by atoms with Crippen LogP contribution < -0.4 is 11.2 Å². The summed E-state index contributed by atoms with van der Waals surface area (Å²) in [6.45, 7) is 0.384. The van der Waals surface area contributed by atoms with E-state index in [-0.39, 0.29) is 41.9 Å². The molecule has 0 spiro atoms.